The van der Waals surface area contributed by atoms with Crippen molar-refractivity contribution in [2.24, 2.45) is 0 Å². The second-order valence-corrected chi connectivity index (χ2v) is 10.1. The second kappa shape index (κ2) is 8.84. The molecule has 1 atom stereocenters. The SMILES string of the molecule is O=C1CN(C2CCN(C(=O)CCCc3nc4ccccc4s3)CC2)C2(CCOC2)CN1. The number of nitrogens with one attached hydrogen (secondary N) is 1. The summed E-state index contributed by atoms with van der Waals surface area (Å²) in [7, 11) is 0. The van der Waals surface area contributed by atoms with Crippen LogP contribution < -0.4 is 5.32 Å². The Morgan fingerprint density at radius 1 is 1.29 bits per heavy atom. The van der Waals surface area contributed by atoms with Crippen molar-refractivity contribution in [3.63, 3.8) is 0 Å². The van der Waals surface area contributed by atoms with Crippen molar-refractivity contribution in [1.82, 2.24) is 20.1 Å². The lowest BCUT2D eigenvalue weighted by molar-refractivity contribution is -0.137. The molecule has 8 heteroatoms. The van der Waals surface area contributed by atoms with E-state index in [4.69, 9.17) is 4.74 Å². The number of hydrogen-bond acceptors (Lipinski definition) is 6. The average Bonchev–Trinajstić information content (AvgIpc) is 3.43. The molecule has 5 rings (SSSR count). The Hall–Kier alpha value is -2.03. The molecule has 166 valence electrons. The molecule has 1 aromatic carbocycles. The predicted octanol–water partition coefficient (Wildman–Crippen LogP) is 2.20. The molecule has 0 radical (unpaired) electrons. The van der Waals surface area contributed by atoms with Crippen LogP contribution in [0.1, 0.15) is 37.1 Å². The molecule has 3 aliphatic rings. The van der Waals surface area contributed by atoms with Gasteiger partial charge in [0.05, 0.1) is 33.9 Å². The number of piperidine rings is 1. The van der Waals surface area contributed by atoms with Crippen molar-refractivity contribution < 1.29 is 14.3 Å². The summed E-state index contributed by atoms with van der Waals surface area (Å²) in [6, 6.07) is 8.53. The maximum atomic E-state index is 12.8. The van der Waals surface area contributed by atoms with Crippen LogP contribution in [0.5, 0.6) is 0 Å². The van der Waals surface area contributed by atoms with Crippen molar-refractivity contribution in [1.29, 1.82) is 0 Å². The van der Waals surface area contributed by atoms with E-state index in [1.165, 1.54) is 4.70 Å². The fraction of sp³-hybridized carbons (Fsp3) is 0.609. The quantitative estimate of drug-likeness (QED) is 0.769. The summed E-state index contributed by atoms with van der Waals surface area (Å²) < 4.78 is 6.90. The molecule has 0 aliphatic carbocycles. The summed E-state index contributed by atoms with van der Waals surface area (Å²) >= 11 is 1.73. The van der Waals surface area contributed by atoms with Gasteiger partial charge in [0.15, 0.2) is 0 Å². The number of carbonyl (C=O) groups is 2. The smallest absolute Gasteiger partial charge is 0.234 e. The highest BCUT2D eigenvalue weighted by molar-refractivity contribution is 7.18. The van der Waals surface area contributed by atoms with Gasteiger partial charge in [-0.25, -0.2) is 4.98 Å². The third kappa shape index (κ3) is 4.33. The number of thiazole rings is 1. The highest BCUT2D eigenvalue weighted by Gasteiger charge is 2.47. The number of ether oxygens (including phenoxy) is 1. The van der Waals surface area contributed by atoms with Gasteiger partial charge in [-0.05, 0) is 44.2 Å². The van der Waals surface area contributed by atoms with E-state index in [-0.39, 0.29) is 17.4 Å². The number of piperazine rings is 1. The monoisotopic (exact) mass is 442 g/mol. The summed E-state index contributed by atoms with van der Waals surface area (Å²) in [6.45, 7) is 4.14. The zero-order chi connectivity index (χ0) is 21.3. The van der Waals surface area contributed by atoms with Crippen LogP contribution in [0, 0.1) is 0 Å². The molecule has 3 aliphatic heterocycles. The number of benzene rings is 1. The topological polar surface area (TPSA) is 74.8 Å². The third-order valence-electron chi connectivity index (χ3n) is 7.00. The van der Waals surface area contributed by atoms with E-state index in [1.54, 1.807) is 11.3 Å². The number of hydrogen-bond donors (Lipinski definition) is 1. The van der Waals surface area contributed by atoms with Crippen molar-refractivity contribution in [3.8, 4) is 0 Å². The molecule has 0 saturated carbocycles. The van der Waals surface area contributed by atoms with Crippen LogP contribution in [0.25, 0.3) is 10.2 Å². The van der Waals surface area contributed by atoms with Crippen LogP contribution in [-0.4, -0.2) is 77.6 Å². The Labute approximate surface area is 186 Å². The van der Waals surface area contributed by atoms with Crippen molar-refractivity contribution in [2.75, 3.05) is 39.4 Å². The first kappa shape index (κ1) is 20.8. The van der Waals surface area contributed by atoms with Crippen LogP contribution in [-0.2, 0) is 20.7 Å². The Morgan fingerprint density at radius 3 is 2.90 bits per heavy atom. The Kier molecular flexibility index (Phi) is 5.95. The van der Waals surface area contributed by atoms with Gasteiger partial charge < -0.3 is 15.0 Å². The largest absolute Gasteiger partial charge is 0.379 e. The van der Waals surface area contributed by atoms with Crippen LogP contribution >= 0.6 is 11.3 Å². The molecule has 3 fully saturated rings. The molecular formula is C23H30N4O3S. The number of carbonyl (C=O) groups excluding carboxylic acids is 2. The summed E-state index contributed by atoms with van der Waals surface area (Å²) in [4.78, 5) is 33.9. The van der Waals surface area contributed by atoms with E-state index >= 15 is 0 Å². The molecule has 4 heterocycles. The van der Waals surface area contributed by atoms with Gasteiger partial charge in [0, 0.05) is 38.7 Å². The van der Waals surface area contributed by atoms with E-state index in [9.17, 15) is 9.59 Å². The highest BCUT2D eigenvalue weighted by Crippen LogP contribution is 2.33. The van der Waals surface area contributed by atoms with Gasteiger partial charge in [-0.2, -0.15) is 0 Å². The fourth-order valence-electron chi connectivity index (χ4n) is 5.22. The summed E-state index contributed by atoms with van der Waals surface area (Å²) in [5.41, 5.74) is 0.995. The van der Waals surface area contributed by atoms with E-state index in [0.717, 1.165) is 62.3 Å². The zero-order valence-electron chi connectivity index (χ0n) is 17.8. The molecule has 7 nitrogen and oxygen atoms in total. The average molecular weight is 443 g/mol. The molecule has 3 saturated heterocycles. The molecule has 2 amide bonds. The molecule has 1 unspecified atom stereocenters. The number of amides is 2. The van der Waals surface area contributed by atoms with E-state index in [2.05, 4.69) is 21.3 Å². The Morgan fingerprint density at radius 2 is 2.13 bits per heavy atom. The lowest BCUT2D eigenvalue weighted by Gasteiger charge is -2.49. The number of likely N-dealkylation sites (tertiary alicyclic amines) is 1. The van der Waals surface area contributed by atoms with Gasteiger partial charge in [0.1, 0.15) is 0 Å². The minimum Gasteiger partial charge on any atom is -0.379 e. The lowest BCUT2D eigenvalue weighted by Crippen LogP contribution is -2.67. The van der Waals surface area contributed by atoms with Gasteiger partial charge in [-0.15, -0.1) is 11.3 Å². The Bertz CT molecular complexity index is 914. The molecule has 2 aromatic rings. The zero-order valence-corrected chi connectivity index (χ0v) is 18.7. The predicted molar refractivity (Wildman–Crippen MR) is 120 cm³/mol. The molecule has 31 heavy (non-hydrogen) atoms. The van der Waals surface area contributed by atoms with Gasteiger partial charge in [-0.3, -0.25) is 14.5 Å². The first-order valence-corrected chi connectivity index (χ1v) is 12.2. The van der Waals surface area contributed by atoms with E-state index in [0.29, 0.717) is 32.2 Å². The standard InChI is InChI=1S/C23H30N4O3S/c28-20-14-27(23(15-24-20)10-13-30-16-23)17-8-11-26(12-9-17)22(29)7-3-6-21-25-18-4-1-2-5-19(18)31-21/h1-2,4-5,17H,3,6-16H2,(H,24,28). The first-order valence-electron chi connectivity index (χ1n) is 11.4. The third-order valence-corrected chi connectivity index (χ3v) is 8.09. The molecular weight excluding hydrogens is 412 g/mol. The first-order chi connectivity index (χ1) is 15.1. The van der Waals surface area contributed by atoms with Crippen molar-refractivity contribution in [3.05, 3.63) is 29.3 Å². The summed E-state index contributed by atoms with van der Waals surface area (Å²) in [5.74, 6) is 0.348. The molecule has 1 spiro atoms. The highest BCUT2D eigenvalue weighted by atomic mass is 32.1. The summed E-state index contributed by atoms with van der Waals surface area (Å²) in [5, 5.41) is 4.14. The van der Waals surface area contributed by atoms with Gasteiger partial charge in [0.2, 0.25) is 11.8 Å². The minimum atomic E-state index is -0.0536. The van der Waals surface area contributed by atoms with E-state index in [1.807, 2.05) is 23.1 Å². The fourth-order valence-corrected chi connectivity index (χ4v) is 6.23. The lowest BCUT2D eigenvalue weighted by atomic mass is 9.89. The maximum absolute atomic E-state index is 12.8. The minimum absolute atomic E-state index is 0.0536. The number of nitrogens with zero attached hydrogens (tertiary/aromatic N) is 3. The number of rotatable bonds is 5. The van der Waals surface area contributed by atoms with Crippen LogP contribution in [0.15, 0.2) is 24.3 Å². The maximum Gasteiger partial charge on any atom is 0.234 e. The molecule has 1 aromatic heterocycles. The van der Waals surface area contributed by atoms with Gasteiger partial charge in [-0.1, -0.05) is 12.1 Å². The number of para-hydroxylation sites is 1. The summed E-state index contributed by atoms with van der Waals surface area (Å²) in [6.07, 6.45) is 5.10. The van der Waals surface area contributed by atoms with Gasteiger partial charge in [0.25, 0.3) is 0 Å². The number of fused-ring (bicyclic) bond motifs is 1. The number of aryl methyl sites for hydroxylation is 1. The van der Waals surface area contributed by atoms with E-state index < -0.39 is 0 Å². The molecule has 0 bridgehead atoms. The normalized spacial score (nSPS) is 25.4. The number of aromatic nitrogens is 1. The van der Waals surface area contributed by atoms with Crippen LogP contribution in [0.4, 0.5) is 0 Å². The second-order valence-electron chi connectivity index (χ2n) is 8.97. The Balaban J connectivity index is 1.11. The van der Waals surface area contributed by atoms with Crippen molar-refractivity contribution in [2.45, 2.75) is 50.1 Å². The van der Waals surface area contributed by atoms with Crippen molar-refractivity contribution >= 4 is 33.4 Å². The van der Waals surface area contributed by atoms with Crippen LogP contribution in [0.3, 0.4) is 0 Å². The van der Waals surface area contributed by atoms with Gasteiger partial charge >= 0.3 is 0 Å². The van der Waals surface area contributed by atoms with Crippen LogP contribution in [0.2, 0.25) is 0 Å². The molecule has 1 N–H and O–H groups in total.